The third-order valence-corrected chi connectivity index (χ3v) is 7.00. The van der Waals surface area contributed by atoms with E-state index in [0.29, 0.717) is 40.2 Å². The van der Waals surface area contributed by atoms with Crippen LogP contribution in [0, 0.1) is 11.3 Å². The Labute approximate surface area is 180 Å². The SMILES string of the molecule is CCOC(=O)c1c(NC(=O)c2ccc3c(c2)OCO3)sc2c1CC[C@H](C(C)(C)C)C2. The van der Waals surface area contributed by atoms with Crippen molar-refractivity contribution >= 4 is 28.2 Å². The van der Waals surface area contributed by atoms with E-state index in [1.54, 1.807) is 25.1 Å². The summed E-state index contributed by atoms with van der Waals surface area (Å²) in [6.07, 6.45) is 2.76. The number of carbonyl (C=O) groups excluding carboxylic acids is 2. The molecule has 4 rings (SSSR count). The summed E-state index contributed by atoms with van der Waals surface area (Å²) >= 11 is 1.50. The Morgan fingerprint density at radius 1 is 1.23 bits per heavy atom. The van der Waals surface area contributed by atoms with Crippen molar-refractivity contribution in [2.75, 3.05) is 18.7 Å². The number of benzene rings is 1. The maximum absolute atomic E-state index is 12.9. The van der Waals surface area contributed by atoms with Crippen molar-refractivity contribution < 1.29 is 23.8 Å². The molecule has 2 aliphatic rings. The van der Waals surface area contributed by atoms with Crippen molar-refractivity contribution in [3.05, 3.63) is 39.8 Å². The normalized spacial score (nSPS) is 17.4. The lowest BCUT2D eigenvalue weighted by Gasteiger charge is -2.33. The Balaban J connectivity index is 1.64. The van der Waals surface area contributed by atoms with Gasteiger partial charge in [-0.2, -0.15) is 0 Å². The highest BCUT2D eigenvalue weighted by Gasteiger charge is 2.34. The Morgan fingerprint density at radius 2 is 2.00 bits per heavy atom. The van der Waals surface area contributed by atoms with Gasteiger partial charge in [0.15, 0.2) is 11.5 Å². The number of nitrogens with one attached hydrogen (secondary N) is 1. The van der Waals surface area contributed by atoms with Crippen LogP contribution in [-0.2, 0) is 17.6 Å². The van der Waals surface area contributed by atoms with Crippen molar-refractivity contribution in [2.24, 2.45) is 11.3 Å². The summed E-state index contributed by atoms with van der Waals surface area (Å²) in [5.74, 6) is 1.05. The van der Waals surface area contributed by atoms with Crippen LogP contribution in [0.5, 0.6) is 11.5 Å². The minimum atomic E-state index is -0.370. The molecular formula is C23H27NO5S. The molecule has 30 heavy (non-hydrogen) atoms. The first-order valence-electron chi connectivity index (χ1n) is 10.3. The average molecular weight is 430 g/mol. The van der Waals surface area contributed by atoms with Gasteiger partial charge in [-0.05, 0) is 61.3 Å². The second-order valence-electron chi connectivity index (χ2n) is 8.76. The summed E-state index contributed by atoms with van der Waals surface area (Å²) in [5, 5.41) is 3.52. The minimum Gasteiger partial charge on any atom is -0.462 e. The third-order valence-electron chi connectivity index (χ3n) is 5.83. The van der Waals surface area contributed by atoms with Crippen LogP contribution >= 0.6 is 11.3 Å². The molecule has 0 saturated carbocycles. The molecule has 0 radical (unpaired) electrons. The van der Waals surface area contributed by atoms with Gasteiger partial charge in [0, 0.05) is 10.4 Å². The van der Waals surface area contributed by atoms with E-state index in [9.17, 15) is 9.59 Å². The van der Waals surface area contributed by atoms with Crippen LogP contribution in [0.15, 0.2) is 18.2 Å². The molecule has 6 nitrogen and oxygen atoms in total. The van der Waals surface area contributed by atoms with Crippen molar-refractivity contribution in [3.63, 3.8) is 0 Å². The zero-order chi connectivity index (χ0) is 21.5. The monoisotopic (exact) mass is 429 g/mol. The van der Waals surface area contributed by atoms with E-state index in [-0.39, 0.29) is 24.1 Å². The van der Waals surface area contributed by atoms with Crippen LogP contribution in [0.4, 0.5) is 5.00 Å². The summed E-state index contributed by atoms with van der Waals surface area (Å²) in [6, 6.07) is 5.07. The lowest BCUT2D eigenvalue weighted by Crippen LogP contribution is -2.26. The molecule has 1 amide bonds. The molecule has 1 aliphatic carbocycles. The maximum Gasteiger partial charge on any atom is 0.341 e. The first kappa shape index (κ1) is 20.7. The molecule has 0 fully saturated rings. The van der Waals surface area contributed by atoms with Gasteiger partial charge >= 0.3 is 5.97 Å². The average Bonchev–Trinajstić information content (AvgIpc) is 3.30. The zero-order valence-corrected chi connectivity index (χ0v) is 18.6. The van der Waals surface area contributed by atoms with Crippen LogP contribution in [0.2, 0.25) is 0 Å². The molecule has 1 aromatic carbocycles. The van der Waals surface area contributed by atoms with Crippen LogP contribution in [0.3, 0.4) is 0 Å². The van der Waals surface area contributed by atoms with E-state index in [1.165, 1.54) is 16.2 Å². The van der Waals surface area contributed by atoms with Crippen LogP contribution in [-0.4, -0.2) is 25.3 Å². The van der Waals surface area contributed by atoms with Gasteiger partial charge in [0.1, 0.15) is 5.00 Å². The van der Waals surface area contributed by atoms with E-state index in [1.807, 2.05) is 0 Å². The maximum atomic E-state index is 12.9. The number of amides is 1. The van der Waals surface area contributed by atoms with Crippen molar-refractivity contribution in [3.8, 4) is 11.5 Å². The van der Waals surface area contributed by atoms with Gasteiger partial charge in [-0.1, -0.05) is 20.8 Å². The quantitative estimate of drug-likeness (QED) is 0.688. The molecule has 2 aromatic rings. The number of esters is 1. The molecular weight excluding hydrogens is 402 g/mol. The Hall–Kier alpha value is -2.54. The Morgan fingerprint density at radius 3 is 2.73 bits per heavy atom. The fourth-order valence-corrected chi connectivity index (χ4v) is 5.36. The first-order valence-corrected chi connectivity index (χ1v) is 11.1. The number of hydrogen-bond acceptors (Lipinski definition) is 6. The Kier molecular flexibility index (Phi) is 5.49. The number of carbonyl (C=O) groups is 2. The summed E-state index contributed by atoms with van der Waals surface area (Å²) < 4.78 is 16.0. The molecule has 1 N–H and O–H groups in total. The standard InChI is InChI=1S/C23H27NO5S/c1-5-27-22(26)19-15-8-7-14(23(2,3)4)11-18(15)30-21(19)24-20(25)13-6-9-16-17(10-13)29-12-28-16/h6,9-10,14H,5,7-8,11-12H2,1-4H3,(H,24,25)/t14-/m0/s1. The van der Waals surface area contributed by atoms with E-state index in [4.69, 9.17) is 14.2 Å². The van der Waals surface area contributed by atoms with Gasteiger partial charge in [0.25, 0.3) is 5.91 Å². The number of rotatable bonds is 4. The Bertz CT molecular complexity index is 988. The smallest absolute Gasteiger partial charge is 0.341 e. The van der Waals surface area contributed by atoms with Crippen molar-refractivity contribution in [1.29, 1.82) is 0 Å². The second kappa shape index (κ2) is 7.95. The predicted molar refractivity (Wildman–Crippen MR) is 116 cm³/mol. The molecule has 0 unspecified atom stereocenters. The van der Waals surface area contributed by atoms with Gasteiger partial charge in [-0.3, -0.25) is 4.79 Å². The zero-order valence-electron chi connectivity index (χ0n) is 17.8. The minimum absolute atomic E-state index is 0.153. The third kappa shape index (κ3) is 3.90. The van der Waals surface area contributed by atoms with E-state index in [2.05, 4.69) is 26.1 Å². The number of hydrogen-bond donors (Lipinski definition) is 1. The van der Waals surface area contributed by atoms with E-state index < -0.39 is 0 Å². The van der Waals surface area contributed by atoms with Gasteiger partial charge in [-0.15, -0.1) is 11.3 Å². The lowest BCUT2D eigenvalue weighted by atomic mass is 9.72. The molecule has 0 saturated heterocycles. The highest BCUT2D eigenvalue weighted by molar-refractivity contribution is 7.17. The highest BCUT2D eigenvalue weighted by Crippen LogP contribution is 2.44. The topological polar surface area (TPSA) is 73.9 Å². The van der Waals surface area contributed by atoms with Gasteiger partial charge in [-0.25, -0.2) is 4.79 Å². The van der Waals surface area contributed by atoms with E-state index >= 15 is 0 Å². The molecule has 160 valence electrons. The molecule has 0 bridgehead atoms. The highest BCUT2D eigenvalue weighted by atomic mass is 32.1. The molecule has 1 aromatic heterocycles. The summed E-state index contributed by atoms with van der Waals surface area (Å²) in [6.45, 7) is 9.00. The fraction of sp³-hybridized carbons (Fsp3) is 0.478. The molecule has 7 heteroatoms. The molecule has 1 aliphatic heterocycles. The summed E-state index contributed by atoms with van der Waals surface area (Å²) in [5.41, 5.74) is 2.19. The van der Waals surface area contributed by atoms with Gasteiger partial charge < -0.3 is 19.5 Å². The molecule has 2 heterocycles. The number of thiophene rings is 1. The van der Waals surface area contributed by atoms with Crippen molar-refractivity contribution in [2.45, 2.75) is 47.0 Å². The van der Waals surface area contributed by atoms with Crippen LogP contribution in [0.1, 0.15) is 65.3 Å². The van der Waals surface area contributed by atoms with Gasteiger partial charge in [0.05, 0.1) is 12.2 Å². The number of ether oxygens (including phenoxy) is 3. The number of fused-ring (bicyclic) bond motifs is 2. The first-order chi connectivity index (χ1) is 14.3. The molecule has 1 atom stereocenters. The van der Waals surface area contributed by atoms with Crippen LogP contribution < -0.4 is 14.8 Å². The van der Waals surface area contributed by atoms with Crippen LogP contribution in [0.25, 0.3) is 0 Å². The summed E-state index contributed by atoms with van der Waals surface area (Å²) in [7, 11) is 0. The summed E-state index contributed by atoms with van der Waals surface area (Å²) in [4.78, 5) is 26.8. The molecule has 0 spiro atoms. The largest absolute Gasteiger partial charge is 0.462 e. The predicted octanol–water partition coefficient (Wildman–Crippen LogP) is 5.06. The van der Waals surface area contributed by atoms with Gasteiger partial charge in [0.2, 0.25) is 6.79 Å². The second-order valence-corrected chi connectivity index (χ2v) is 9.86. The van der Waals surface area contributed by atoms with Crippen molar-refractivity contribution in [1.82, 2.24) is 0 Å². The lowest BCUT2D eigenvalue weighted by molar-refractivity contribution is 0.0526. The number of anilines is 1. The fourth-order valence-electron chi connectivity index (χ4n) is 4.05. The van der Waals surface area contributed by atoms with E-state index in [0.717, 1.165) is 24.8 Å².